The smallest absolute Gasteiger partial charge is 0.872 e. The molecule has 0 amide bonds. The molecule has 0 atom stereocenters. The molecule has 2 aromatic carbocycles. The second-order valence-corrected chi connectivity index (χ2v) is 8.10. The topological polar surface area (TPSA) is 86.8 Å². The Labute approximate surface area is 204 Å². The summed E-state index contributed by atoms with van der Waals surface area (Å²) in [5, 5.41) is 26.9. The first kappa shape index (κ1) is 25.3. The molecule has 0 aliphatic rings. The molecule has 0 fully saturated rings. The van der Waals surface area contributed by atoms with E-state index in [1.807, 2.05) is 13.0 Å². The van der Waals surface area contributed by atoms with Gasteiger partial charge in [-0.1, -0.05) is 56.7 Å². The molecule has 0 aliphatic carbocycles. The van der Waals surface area contributed by atoms with Gasteiger partial charge in [0.25, 0.3) is 0 Å². The van der Waals surface area contributed by atoms with Crippen LogP contribution in [0.4, 0.5) is 4.39 Å². The van der Waals surface area contributed by atoms with Gasteiger partial charge in [-0.15, -0.1) is 10.2 Å². The van der Waals surface area contributed by atoms with Crippen LogP contribution in [0.5, 0.6) is 11.5 Å². The van der Waals surface area contributed by atoms with Crippen molar-refractivity contribution >= 4 is 0 Å². The number of unbranched alkanes of at least 4 members (excludes halogenated alkanes) is 2. The molecule has 0 radical (unpaired) electrons. The van der Waals surface area contributed by atoms with E-state index in [0.29, 0.717) is 23.5 Å². The summed E-state index contributed by atoms with van der Waals surface area (Å²) in [6.45, 7) is 6.78. The Morgan fingerprint density at radius 3 is 2.61 bits per heavy atom. The number of benzene rings is 2. The monoisotopic (exact) mass is 434 g/mol. The molecule has 0 saturated heterocycles. The predicted molar refractivity (Wildman–Crippen MR) is 112 cm³/mol. The Balaban J connectivity index is 0.00000341. The van der Waals surface area contributed by atoms with Crippen molar-refractivity contribution in [3.05, 3.63) is 53.6 Å². The third-order valence-electron chi connectivity index (χ3n) is 5.33. The maximum atomic E-state index is 13.5. The Kier molecular flexibility index (Phi) is 9.47. The zero-order valence-corrected chi connectivity index (χ0v) is 20.7. The summed E-state index contributed by atoms with van der Waals surface area (Å²) in [4.78, 5) is 0. The fourth-order valence-corrected chi connectivity index (χ4v) is 3.49. The average molecular weight is 434 g/mol. The van der Waals surface area contributed by atoms with Gasteiger partial charge in [-0.05, 0) is 60.2 Å². The quantitative estimate of drug-likeness (QED) is 0.387. The van der Waals surface area contributed by atoms with Crippen molar-refractivity contribution in [1.82, 2.24) is 20.6 Å². The fourth-order valence-electron chi connectivity index (χ4n) is 3.49. The molecule has 0 saturated carbocycles. The van der Waals surface area contributed by atoms with Crippen molar-refractivity contribution in [2.45, 2.75) is 58.3 Å². The van der Waals surface area contributed by atoms with Gasteiger partial charge in [0.15, 0.2) is 5.82 Å². The third-order valence-corrected chi connectivity index (χ3v) is 5.33. The summed E-state index contributed by atoms with van der Waals surface area (Å²) in [6, 6.07) is 9.45. The minimum absolute atomic E-state index is 0. The summed E-state index contributed by atoms with van der Waals surface area (Å²) < 4.78 is 19.4. The number of nitrogens with zero attached hydrogens (tertiary/aromatic N) is 3. The van der Waals surface area contributed by atoms with Gasteiger partial charge >= 0.3 is 29.6 Å². The van der Waals surface area contributed by atoms with Gasteiger partial charge in [0.2, 0.25) is 0 Å². The van der Waals surface area contributed by atoms with Gasteiger partial charge in [-0.3, -0.25) is 0 Å². The Bertz CT molecular complexity index is 964. The summed E-state index contributed by atoms with van der Waals surface area (Å²) in [5.74, 6) is 0.838. The first-order valence-corrected chi connectivity index (χ1v) is 10.4. The molecule has 160 valence electrons. The van der Waals surface area contributed by atoms with E-state index in [9.17, 15) is 9.50 Å². The minimum Gasteiger partial charge on any atom is -0.872 e. The Morgan fingerprint density at radius 1 is 1.13 bits per heavy atom. The van der Waals surface area contributed by atoms with Gasteiger partial charge in [0.05, 0.1) is 6.61 Å². The SMILES string of the molecule is CCc1cc(-c2cccc(F)c2)c([O-])cc1OCCCCCC(C)(C)c1nn[nH]n1.[Na+]. The summed E-state index contributed by atoms with van der Waals surface area (Å²) in [7, 11) is 0. The molecule has 3 aromatic rings. The number of hydrogen-bond donors (Lipinski definition) is 1. The van der Waals surface area contributed by atoms with Crippen molar-refractivity contribution < 1.29 is 43.8 Å². The Hall–Kier alpha value is -1.96. The van der Waals surface area contributed by atoms with Crippen LogP contribution < -0.4 is 39.4 Å². The maximum absolute atomic E-state index is 13.5. The van der Waals surface area contributed by atoms with Crippen LogP contribution in [0.3, 0.4) is 0 Å². The fraction of sp³-hybridized carbons (Fsp3) is 0.435. The molecule has 1 N–H and O–H groups in total. The van der Waals surface area contributed by atoms with E-state index in [1.165, 1.54) is 18.2 Å². The number of ether oxygens (including phenoxy) is 1. The molecular formula is C23H28FN4NaO2. The van der Waals surface area contributed by atoms with Crippen LogP contribution in [0.1, 0.15) is 57.8 Å². The number of aromatic nitrogens is 4. The van der Waals surface area contributed by atoms with Crippen LogP contribution in [0, 0.1) is 5.82 Å². The molecule has 3 rings (SSSR count). The van der Waals surface area contributed by atoms with Gasteiger partial charge in [-0.2, -0.15) is 5.21 Å². The molecule has 0 aliphatic heterocycles. The van der Waals surface area contributed by atoms with Crippen LogP contribution >= 0.6 is 0 Å². The van der Waals surface area contributed by atoms with E-state index in [-0.39, 0.29) is 46.5 Å². The van der Waals surface area contributed by atoms with Crippen LogP contribution in [-0.4, -0.2) is 27.2 Å². The molecular weight excluding hydrogens is 406 g/mol. The first-order valence-electron chi connectivity index (χ1n) is 10.4. The summed E-state index contributed by atoms with van der Waals surface area (Å²) >= 11 is 0. The normalized spacial score (nSPS) is 11.2. The number of aryl methyl sites for hydroxylation is 1. The maximum Gasteiger partial charge on any atom is 1.00 e. The van der Waals surface area contributed by atoms with Gasteiger partial charge < -0.3 is 9.84 Å². The minimum atomic E-state index is -0.354. The van der Waals surface area contributed by atoms with E-state index in [0.717, 1.165) is 43.5 Å². The van der Waals surface area contributed by atoms with E-state index in [2.05, 4.69) is 34.5 Å². The van der Waals surface area contributed by atoms with Crippen LogP contribution in [-0.2, 0) is 11.8 Å². The number of halogens is 1. The predicted octanol–water partition coefficient (Wildman–Crippen LogP) is 1.56. The van der Waals surface area contributed by atoms with E-state index in [1.54, 1.807) is 12.1 Å². The molecule has 1 heterocycles. The third kappa shape index (κ3) is 6.76. The Morgan fingerprint density at radius 2 is 1.94 bits per heavy atom. The van der Waals surface area contributed by atoms with E-state index >= 15 is 0 Å². The van der Waals surface area contributed by atoms with Crippen molar-refractivity contribution in [3.63, 3.8) is 0 Å². The van der Waals surface area contributed by atoms with Gasteiger partial charge in [-0.25, -0.2) is 4.39 Å². The molecule has 0 spiro atoms. The van der Waals surface area contributed by atoms with Crippen LogP contribution in [0.25, 0.3) is 11.1 Å². The number of hydrogen-bond acceptors (Lipinski definition) is 5. The standard InChI is InChI=1S/C23H29FN4O2.Na/c1-4-16-14-19(17-9-8-10-18(24)13-17)20(29)15-21(16)30-12-7-5-6-11-23(2,3)22-25-27-28-26-22;/h8-10,13-15,29H,4-7,11-12H2,1-3H3,(H,25,26,27,28);/q;+1/p-1. The van der Waals surface area contributed by atoms with Gasteiger partial charge in [0.1, 0.15) is 11.6 Å². The van der Waals surface area contributed by atoms with Gasteiger partial charge in [0, 0.05) is 5.41 Å². The zero-order valence-electron chi connectivity index (χ0n) is 18.7. The largest absolute Gasteiger partial charge is 1.00 e. The summed E-state index contributed by atoms with van der Waals surface area (Å²) in [5.41, 5.74) is 1.92. The molecule has 8 heteroatoms. The molecule has 31 heavy (non-hydrogen) atoms. The number of nitrogens with one attached hydrogen (secondary N) is 1. The van der Waals surface area contributed by atoms with Crippen molar-refractivity contribution in [2.75, 3.05) is 6.61 Å². The number of H-pyrrole nitrogens is 1. The van der Waals surface area contributed by atoms with Crippen molar-refractivity contribution in [2.24, 2.45) is 0 Å². The number of rotatable bonds is 10. The average Bonchev–Trinajstić information content (AvgIpc) is 3.26. The first-order chi connectivity index (χ1) is 14.4. The second kappa shape index (κ2) is 11.6. The second-order valence-electron chi connectivity index (χ2n) is 8.10. The van der Waals surface area contributed by atoms with Crippen molar-refractivity contribution in [1.29, 1.82) is 0 Å². The van der Waals surface area contributed by atoms with Crippen LogP contribution in [0.2, 0.25) is 0 Å². The number of aromatic amines is 1. The zero-order chi connectivity index (χ0) is 21.6. The summed E-state index contributed by atoms with van der Waals surface area (Å²) in [6.07, 6.45) is 4.62. The van der Waals surface area contributed by atoms with Crippen molar-refractivity contribution in [3.8, 4) is 22.6 Å². The molecule has 6 nitrogen and oxygen atoms in total. The van der Waals surface area contributed by atoms with E-state index < -0.39 is 0 Å². The molecule has 1 aromatic heterocycles. The van der Waals surface area contributed by atoms with E-state index in [4.69, 9.17) is 4.74 Å². The van der Waals surface area contributed by atoms with Crippen LogP contribution in [0.15, 0.2) is 36.4 Å². The molecule has 0 unspecified atom stereocenters. The number of tetrazole rings is 1. The molecule has 0 bridgehead atoms.